The number of hydrogen-bond donors (Lipinski definition) is 1. The third-order valence-electron chi connectivity index (χ3n) is 2.24. The van der Waals surface area contributed by atoms with Crippen LogP contribution in [-0.4, -0.2) is 17.7 Å². The van der Waals surface area contributed by atoms with Crippen molar-refractivity contribution in [2.45, 2.75) is 0 Å². The van der Waals surface area contributed by atoms with Gasteiger partial charge < -0.3 is 4.74 Å². The molecule has 1 N–H and O–H groups in total. The van der Waals surface area contributed by atoms with E-state index in [1.165, 1.54) is 7.11 Å². The van der Waals surface area contributed by atoms with Crippen molar-refractivity contribution in [1.29, 1.82) is 0 Å². The Morgan fingerprint density at radius 2 is 2.06 bits per heavy atom. The van der Waals surface area contributed by atoms with E-state index in [0.717, 1.165) is 4.47 Å². The number of amides is 1. The number of aromatic nitrogens is 1. The maximum atomic E-state index is 12.0. The molecular weight excluding hydrogens is 284 g/mol. The average molecular weight is 295 g/mol. The fraction of sp³-hybridized carbons (Fsp3) is 0.0833. The molecule has 0 aliphatic rings. The second-order valence-electron chi connectivity index (χ2n) is 3.38. The Labute approximate surface area is 107 Å². The molecule has 0 saturated carbocycles. The number of hydrogen-bond acceptors (Lipinski definition) is 2. The minimum Gasteiger partial charge on any atom is -0.496 e. The highest BCUT2D eigenvalue weighted by Gasteiger charge is 2.12. The smallest absolute Gasteiger partial charge is 0.273 e. The minimum absolute atomic E-state index is 0.217. The lowest BCUT2D eigenvalue weighted by atomic mass is 10.2. The summed E-state index contributed by atoms with van der Waals surface area (Å²) in [6.45, 7) is 0. The molecule has 1 heterocycles. The molecule has 0 radical (unpaired) electrons. The molecule has 5 heteroatoms. The highest BCUT2D eigenvalue weighted by molar-refractivity contribution is 9.10. The monoisotopic (exact) mass is 294 g/mol. The number of methoxy groups -OCH3 is 1. The number of nitrogens with one attached hydrogen (secondary N) is 1. The number of ether oxygens (including phenoxy) is 1. The van der Waals surface area contributed by atoms with Gasteiger partial charge in [-0.3, -0.25) is 14.9 Å². The predicted molar refractivity (Wildman–Crippen MR) is 68.8 cm³/mol. The average Bonchev–Trinajstić information content (AvgIpc) is 2.81. The van der Waals surface area contributed by atoms with Crippen LogP contribution in [0.2, 0.25) is 0 Å². The number of nitrogens with zero attached hydrogens (tertiary/aromatic N) is 1. The fourth-order valence-corrected chi connectivity index (χ4v) is 1.78. The van der Waals surface area contributed by atoms with Crippen LogP contribution in [0.3, 0.4) is 0 Å². The van der Waals surface area contributed by atoms with Crippen molar-refractivity contribution < 1.29 is 9.53 Å². The van der Waals surface area contributed by atoms with Crippen molar-refractivity contribution in [2.24, 2.45) is 0 Å². The summed E-state index contributed by atoms with van der Waals surface area (Å²) in [5.41, 5.74) is 3.20. The molecule has 2 aromatic rings. The number of carbonyl (C=O) groups is 1. The Bertz CT molecular complexity index is 523. The molecule has 0 aliphatic heterocycles. The summed E-state index contributed by atoms with van der Waals surface area (Å²) in [7, 11) is 1.54. The first kappa shape index (κ1) is 11.7. The number of carbonyl (C=O) groups excluding carboxylic acids is 1. The first-order valence-corrected chi connectivity index (χ1v) is 5.78. The lowest BCUT2D eigenvalue weighted by Gasteiger charge is -2.10. The van der Waals surface area contributed by atoms with Crippen LogP contribution < -0.4 is 10.2 Å². The molecule has 0 bridgehead atoms. The second-order valence-corrected chi connectivity index (χ2v) is 4.29. The quantitative estimate of drug-likeness (QED) is 0.946. The zero-order valence-corrected chi connectivity index (χ0v) is 10.8. The van der Waals surface area contributed by atoms with Gasteiger partial charge in [-0.15, -0.1) is 0 Å². The Morgan fingerprint density at radius 1 is 1.35 bits per heavy atom. The van der Waals surface area contributed by atoms with E-state index < -0.39 is 0 Å². The molecule has 1 aromatic heterocycles. The van der Waals surface area contributed by atoms with Gasteiger partial charge in [0.25, 0.3) is 5.91 Å². The molecule has 17 heavy (non-hydrogen) atoms. The summed E-state index contributed by atoms with van der Waals surface area (Å²) in [4.78, 5) is 12.0. The Hall–Kier alpha value is -1.75. The first-order valence-electron chi connectivity index (χ1n) is 4.98. The van der Waals surface area contributed by atoms with Gasteiger partial charge in [0, 0.05) is 16.9 Å². The Morgan fingerprint density at radius 3 is 2.71 bits per heavy atom. The zero-order valence-electron chi connectivity index (χ0n) is 9.18. The number of halogens is 1. The molecule has 2 rings (SSSR count). The summed E-state index contributed by atoms with van der Waals surface area (Å²) in [5, 5.41) is 0. The molecule has 88 valence electrons. The summed E-state index contributed by atoms with van der Waals surface area (Å²) in [6.07, 6.45) is 3.51. The second kappa shape index (κ2) is 5.05. The summed E-state index contributed by atoms with van der Waals surface area (Å²) in [5.74, 6) is 0.314. The van der Waals surface area contributed by atoms with Crippen molar-refractivity contribution in [2.75, 3.05) is 12.5 Å². The molecule has 4 nitrogen and oxygen atoms in total. The van der Waals surface area contributed by atoms with Crippen molar-refractivity contribution >= 4 is 21.8 Å². The van der Waals surface area contributed by atoms with Crippen LogP contribution in [0.5, 0.6) is 5.75 Å². The zero-order chi connectivity index (χ0) is 12.3. The van der Waals surface area contributed by atoms with E-state index in [1.54, 1.807) is 35.3 Å². The maximum absolute atomic E-state index is 12.0. The van der Waals surface area contributed by atoms with Crippen LogP contribution in [0, 0.1) is 0 Å². The SMILES string of the molecule is COc1cc(Br)ccc1C(=O)Nn1cccc1. The van der Waals surface area contributed by atoms with Crippen LogP contribution >= 0.6 is 15.9 Å². The summed E-state index contributed by atoms with van der Waals surface area (Å²) >= 11 is 3.33. The van der Waals surface area contributed by atoms with Crippen LogP contribution in [0.4, 0.5) is 0 Å². The fourth-order valence-electron chi connectivity index (χ4n) is 1.44. The van der Waals surface area contributed by atoms with Gasteiger partial charge in [0.05, 0.1) is 12.7 Å². The van der Waals surface area contributed by atoms with E-state index in [-0.39, 0.29) is 5.91 Å². The van der Waals surface area contributed by atoms with Crippen LogP contribution in [-0.2, 0) is 0 Å². The van der Waals surface area contributed by atoms with E-state index in [2.05, 4.69) is 21.4 Å². The van der Waals surface area contributed by atoms with Gasteiger partial charge in [-0.1, -0.05) is 15.9 Å². The molecule has 0 unspecified atom stereocenters. The third kappa shape index (κ3) is 2.68. The molecule has 1 aromatic carbocycles. The topological polar surface area (TPSA) is 43.3 Å². The van der Waals surface area contributed by atoms with Crippen molar-refractivity contribution in [1.82, 2.24) is 4.68 Å². The largest absolute Gasteiger partial charge is 0.496 e. The lowest BCUT2D eigenvalue weighted by Crippen LogP contribution is -2.21. The standard InChI is InChI=1S/C12H11BrN2O2/c1-17-11-8-9(13)4-5-10(11)12(16)14-15-6-2-3-7-15/h2-8H,1H3,(H,14,16). The highest BCUT2D eigenvalue weighted by Crippen LogP contribution is 2.23. The van der Waals surface area contributed by atoms with Gasteiger partial charge >= 0.3 is 0 Å². The number of rotatable bonds is 3. The van der Waals surface area contributed by atoms with E-state index in [0.29, 0.717) is 11.3 Å². The molecule has 0 aliphatic carbocycles. The van der Waals surface area contributed by atoms with Crippen LogP contribution in [0.25, 0.3) is 0 Å². The molecule has 1 amide bonds. The Balaban J connectivity index is 2.24. The first-order chi connectivity index (χ1) is 8.20. The third-order valence-corrected chi connectivity index (χ3v) is 2.74. The van der Waals surface area contributed by atoms with Crippen molar-refractivity contribution in [3.8, 4) is 5.75 Å². The van der Waals surface area contributed by atoms with E-state index >= 15 is 0 Å². The van der Waals surface area contributed by atoms with Gasteiger partial charge in [0.15, 0.2) is 0 Å². The van der Waals surface area contributed by atoms with Gasteiger partial charge in [-0.25, -0.2) is 0 Å². The van der Waals surface area contributed by atoms with E-state index in [4.69, 9.17) is 4.74 Å². The number of benzene rings is 1. The van der Waals surface area contributed by atoms with Gasteiger partial charge in [0.1, 0.15) is 5.75 Å². The summed E-state index contributed by atoms with van der Waals surface area (Å²) in [6, 6.07) is 8.93. The molecule has 0 atom stereocenters. The van der Waals surface area contributed by atoms with Gasteiger partial charge in [-0.05, 0) is 30.3 Å². The van der Waals surface area contributed by atoms with Crippen molar-refractivity contribution in [3.63, 3.8) is 0 Å². The normalized spacial score (nSPS) is 10.0. The molecule has 0 saturated heterocycles. The lowest BCUT2D eigenvalue weighted by molar-refractivity contribution is 0.100. The van der Waals surface area contributed by atoms with E-state index in [9.17, 15) is 4.79 Å². The van der Waals surface area contributed by atoms with Gasteiger partial charge in [0.2, 0.25) is 0 Å². The van der Waals surface area contributed by atoms with Crippen LogP contribution in [0.15, 0.2) is 47.2 Å². The predicted octanol–water partition coefficient (Wildman–Crippen LogP) is 2.64. The van der Waals surface area contributed by atoms with E-state index in [1.807, 2.05) is 12.1 Å². The molecule has 0 spiro atoms. The van der Waals surface area contributed by atoms with Crippen molar-refractivity contribution in [3.05, 3.63) is 52.8 Å². The maximum Gasteiger partial charge on any atom is 0.273 e. The summed E-state index contributed by atoms with van der Waals surface area (Å²) < 4.78 is 7.62. The van der Waals surface area contributed by atoms with Gasteiger partial charge in [-0.2, -0.15) is 0 Å². The van der Waals surface area contributed by atoms with Crippen LogP contribution in [0.1, 0.15) is 10.4 Å². The Kier molecular flexibility index (Phi) is 3.49. The molecule has 0 fully saturated rings. The minimum atomic E-state index is -0.217. The highest BCUT2D eigenvalue weighted by atomic mass is 79.9. The molecular formula is C12H11BrN2O2.